The van der Waals surface area contributed by atoms with Gasteiger partial charge in [0.15, 0.2) is 5.78 Å². The standard InChI is InChI=1S/C22H26N2O/c1-4-12-23(15(2)3)14-17-10-11-19-20(22(17)25)18-9-5-7-16-8-6-13-24(19)21(16)18/h4-5,7,9,12,17H,2,6,8,10-11,13-14H2,1,3H3/b12-4-. The van der Waals surface area contributed by atoms with Crippen molar-refractivity contribution in [2.75, 3.05) is 6.54 Å². The average molecular weight is 334 g/mol. The Hall–Kier alpha value is -2.29. The average Bonchev–Trinajstić information content (AvgIpc) is 2.94. The molecule has 0 spiro atoms. The van der Waals surface area contributed by atoms with Crippen molar-refractivity contribution >= 4 is 16.7 Å². The Labute approximate surface area is 149 Å². The summed E-state index contributed by atoms with van der Waals surface area (Å²) in [6, 6.07) is 6.48. The van der Waals surface area contributed by atoms with Crippen molar-refractivity contribution in [1.82, 2.24) is 9.47 Å². The maximum Gasteiger partial charge on any atom is 0.170 e. The molecule has 1 unspecified atom stereocenters. The second-order valence-corrected chi connectivity index (χ2v) is 7.36. The lowest BCUT2D eigenvalue weighted by atomic mass is 9.84. The van der Waals surface area contributed by atoms with E-state index in [-0.39, 0.29) is 5.92 Å². The molecule has 1 aliphatic heterocycles. The van der Waals surface area contributed by atoms with E-state index in [1.807, 2.05) is 26.1 Å². The van der Waals surface area contributed by atoms with Gasteiger partial charge in [-0.1, -0.05) is 30.9 Å². The quantitative estimate of drug-likeness (QED) is 0.809. The fraction of sp³-hybridized carbons (Fsp3) is 0.409. The van der Waals surface area contributed by atoms with Gasteiger partial charge in [-0.2, -0.15) is 0 Å². The van der Waals surface area contributed by atoms with E-state index in [1.54, 1.807) is 0 Å². The minimum absolute atomic E-state index is 0.0452. The zero-order chi connectivity index (χ0) is 17.6. The van der Waals surface area contributed by atoms with Crippen LogP contribution < -0.4 is 0 Å². The minimum atomic E-state index is 0.0452. The van der Waals surface area contributed by atoms with Crippen molar-refractivity contribution in [3.05, 3.63) is 59.6 Å². The van der Waals surface area contributed by atoms with Gasteiger partial charge >= 0.3 is 0 Å². The first-order chi connectivity index (χ1) is 12.1. The third kappa shape index (κ3) is 2.53. The molecule has 1 aliphatic carbocycles. The lowest BCUT2D eigenvalue weighted by molar-refractivity contribution is 0.0885. The van der Waals surface area contributed by atoms with E-state index in [9.17, 15) is 4.79 Å². The van der Waals surface area contributed by atoms with Crippen molar-refractivity contribution in [1.29, 1.82) is 0 Å². The van der Waals surface area contributed by atoms with Crippen LogP contribution in [0.3, 0.4) is 0 Å². The summed E-state index contributed by atoms with van der Waals surface area (Å²) in [5.74, 6) is 0.365. The van der Waals surface area contributed by atoms with E-state index in [0.29, 0.717) is 5.78 Å². The number of rotatable bonds is 4. The molecule has 3 heteroatoms. The topological polar surface area (TPSA) is 25.2 Å². The monoisotopic (exact) mass is 334 g/mol. The van der Waals surface area contributed by atoms with Crippen LogP contribution in [0.5, 0.6) is 0 Å². The van der Waals surface area contributed by atoms with Crippen molar-refractivity contribution < 1.29 is 4.79 Å². The Morgan fingerprint density at radius 1 is 1.40 bits per heavy atom. The molecule has 0 N–H and O–H groups in total. The molecule has 1 atom stereocenters. The molecule has 25 heavy (non-hydrogen) atoms. The van der Waals surface area contributed by atoms with E-state index >= 15 is 0 Å². The van der Waals surface area contributed by atoms with Gasteiger partial charge in [0.1, 0.15) is 0 Å². The third-order valence-electron chi connectivity index (χ3n) is 5.68. The van der Waals surface area contributed by atoms with Crippen molar-refractivity contribution in [3.8, 4) is 0 Å². The summed E-state index contributed by atoms with van der Waals surface area (Å²) in [5, 5.41) is 1.18. The van der Waals surface area contributed by atoms with Gasteiger partial charge in [0.2, 0.25) is 0 Å². The number of allylic oxidation sites excluding steroid dienone is 2. The minimum Gasteiger partial charge on any atom is -0.352 e. The van der Waals surface area contributed by atoms with Crippen LogP contribution in [-0.4, -0.2) is 21.8 Å². The number of para-hydroxylation sites is 1. The number of Topliss-reactive ketones (excluding diaryl/α,β-unsaturated/α-hetero) is 1. The summed E-state index contributed by atoms with van der Waals surface area (Å²) in [6.45, 7) is 9.84. The highest BCUT2D eigenvalue weighted by Crippen LogP contribution is 2.38. The summed E-state index contributed by atoms with van der Waals surface area (Å²) < 4.78 is 2.43. The highest BCUT2D eigenvalue weighted by atomic mass is 16.1. The smallest absolute Gasteiger partial charge is 0.170 e. The number of carbonyl (C=O) groups excluding carboxylic acids is 1. The molecule has 130 valence electrons. The molecule has 2 aliphatic rings. The molecule has 1 aromatic heterocycles. The lowest BCUT2D eigenvalue weighted by Gasteiger charge is -2.29. The zero-order valence-corrected chi connectivity index (χ0v) is 15.2. The van der Waals surface area contributed by atoms with E-state index in [2.05, 4.69) is 34.2 Å². The first-order valence-electron chi connectivity index (χ1n) is 9.34. The Morgan fingerprint density at radius 2 is 2.24 bits per heavy atom. The molecule has 0 fully saturated rings. The fourth-order valence-electron chi connectivity index (χ4n) is 4.53. The molecule has 4 rings (SSSR count). The highest BCUT2D eigenvalue weighted by Gasteiger charge is 2.34. The number of hydrogen-bond donors (Lipinski definition) is 0. The van der Waals surface area contributed by atoms with Gasteiger partial charge in [-0.15, -0.1) is 0 Å². The van der Waals surface area contributed by atoms with Crippen LogP contribution in [0.15, 0.2) is 42.8 Å². The summed E-state index contributed by atoms with van der Waals surface area (Å²) in [7, 11) is 0. The second-order valence-electron chi connectivity index (χ2n) is 7.36. The molecule has 0 amide bonds. The van der Waals surface area contributed by atoms with Crippen LogP contribution >= 0.6 is 0 Å². The number of ketones is 1. The van der Waals surface area contributed by atoms with Crippen LogP contribution in [-0.2, 0) is 19.4 Å². The zero-order valence-electron chi connectivity index (χ0n) is 15.2. The summed E-state index contributed by atoms with van der Waals surface area (Å²) in [5.41, 5.74) is 5.98. The Balaban J connectivity index is 1.75. The van der Waals surface area contributed by atoms with Crippen molar-refractivity contribution in [2.45, 2.75) is 46.1 Å². The number of nitrogens with zero attached hydrogens (tertiary/aromatic N) is 2. The Kier molecular flexibility index (Phi) is 4.03. The molecule has 2 heterocycles. The third-order valence-corrected chi connectivity index (χ3v) is 5.68. The van der Waals surface area contributed by atoms with E-state index in [4.69, 9.17) is 0 Å². The number of benzene rings is 1. The normalized spacial score (nSPS) is 19.4. The maximum atomic E-state index is 13.4. The Bertz CT molecular complexity index is 887. The first-order valence-corrected chi connectivity index (χ1v) is 9.34. The van der Waals surface area contributed by atoms with E-state index in [0.717, 1.165) is 43.6 Å². The molecule has 0 saturated carbocycles. The lowest BCUT2D eigenvalue weighted by Crippen LogP contribution is -2.32. The summed E-state index contributed by atoms with van der Waals surface area (Å²) in [4.78, 5) is 15.5. The number of aryl methyl sites for hydroxylation is 2. The second kappa shape index (κ2) is 6.21. The number of hydrogen-bond acceptors (Lipinski definition) is 2. The number of fused-ring (bicyclic) bond motifs is 3. The van der Waals surface area contributed by atoms with Gasteiger partial charge in [-0.05, 0) is 51.3 Å². The molecule has 0 bridgehead atoms. The van der Waals surface area contributed by atoms with E-state index in [1.165, 1.54) is 28.6 Å². The van der Waals surface area contributed by atoms with Gasteiger partial charge in [0.25, 0.3) is 0 Å². The molecule has 0 radical (unpaired) electrons. The SMILES string of the molecule is C=C(C)N(/C=C\C)CC1CCc2c(c3cccc4c3n2CCC4)C1=O. The van der Waals surface area contributed by atoms with Gasteiger partial charge in [-0.25, -0.2) is 0 Å². The first kappa shape index (κ1) is 16.2. The van der Waals surface area contributed by atoms with Gasteiger partial charge < -0.3 is 9.47 Å². The van der Waals surface area contributed by atoms with Crippen molar-refractivity contribution in [2.24, 2.45) is 5.92 Å². The molecule has 2 aromatic rings. The largest absolute Gasteiger partial charge is 0.352 e. The van der Waals surface area contributed by atoms with Gasteiger partial charge in [0, 0.05) is 41.3 Å². The van der Waals surface area contributed by atoms with E-state index < -0.39 is 0 Å². The summed E-state index contributed by atoms with van der Waals surface area (Å²) in [6.07, 6.45) is 8.27. The maximum absolute atomic E-state index is 13.4. The van der Waals surface area contributed by atoms with Crippen LogP contribution in [0.1, 0.15) is 48.3 Å². The molecule has 1 aromatic carbocycles. The highest BCUT2D eigenvalue weighted by molar-refractivity contribution is 6.12. The predicted molar refractivity (Wildman–Crippen MR) is 103 cm³/mol. The molecule has 0 saturated heterocycles. The molecule has 3 nitrogen and oxygen atoms in total. The van der Waals surface area contributed by atoms with Crippen LogP contribution in [0, 0.1) is 5.92 Å². The van der Waals surface area contributed by atoms with Crippen LogP contribution in [0.4, 0.5) is 0 Å². The molecular formula is C22H26N2O. The number of aromatic nitrogens is 1. The Morgan fingerprint density at radius 3 is 3.00 bits per heavy atom. The van der Waals surface area contributed by atoms with Crippen LogP contribution in [0.25, 0.3) is 10.9 Å². The molecular weight excluding hydrogens is 308 g/mol. The fourth-order valence-corrected chi connectivity index (χ4v) is 4.53. The summed E-state index contributed by atoms with van der Waals surface area (Å²) >= 11 is 0. The predicted octanol–water partition coefficient (Wildman–Crippen LogP) is 4.70. The number of carbonyl (C=O) groups is 1. The van der Waals surface area contributed by atoms with Crippen molar-refractivity contribution in [3.63, 3.8) is 0 Å². The van der Waals surface area contributed by atoms with Gasteiger partial charge in [0.05, 0.1) is 5.52 Å². The van der Waals surface area contributed by atoms with Crippen LogP contribution in [0.2, 0.25) is 0 Å². The van der Waals surface area contributed by atoms with Gasteiger partial charge in [-0.3, -0.25) is 4.79 Å².